The molecule has 152 valence electrons. The number of carbonyl (C=O) groups excluding carboxylic acids is 2. The van der Waals surface area contributed by atoms with Gasteiger partial charge in [0.05, 0.1) is 6.54 Å². The van der Waals surface area contributed by atoms with E-state index < -0.39 is 0 Å². The number of nitrogens with one attached hydrogen (secondary N) is 1. The van der Waals surface area contributed by atoms with E-state index >= 15 is 0 Å². The van der Waals surface area contributed by atoms with Gasteiger partial charge in [-0.3, -0.25) is 9.59 Å². The van der Waals surface area contributed by atoms with E-state index in [0.29, 0.717) is 36.4 Å². The van der Waals surface area contributed by atoms with Crippen LogP contribution in [-0.4, -0.2) is 34.8 Å². The molecule has 1 aromatic heterocycles. The van der Waals surface area contributed by atoms with Crippen molar-refractivity contribution in [2.75, 3.05) is 13.1 Å². The molecular weight excluding hydrogens is 354 g/mol. The highest BCUT2D eigenvalue weighted by molar-refractivity contribution is 5.94. The molecule has 0 spiro atoms. The SMILES string of the molecule is CCc1ccc(C(=O)N(Cc2nc(C(=O)NCC(C)C)co2)CC(C)C)cc1. The van der Waals surface area contributed by atoms with Crippen LogP contribution in [0.25, 0.3) is 0 Å². The Bertz CT molecular complexity index is 779. The molecule has 0 aliphatic carbocycles. The van der Waals surface area contributed by atoms with Gasteiger partial charge in [-0.05, 0) is 36.0 Å². The molecule has 2 aromatic rings. The highest BCUT2D eigenvalue weighted by Crippen LogP contribution is 2.14. The predicted molar refractivity (Wildman–Crippen MR) is 109 cm³/mol. The molecule has 6 nitrogen and oxygen atoms in total. The van der Waals surface area contributed by atoms with Crippen molar-refractivity contribution < 1.29 is 14.0 Å². The second kappa shape index (κ2) is 10.1. The molecular formula is C22H31N3O3. The van der Waals surface area contributed by atoms with E-state index in [0.717, 1.165) is 6.42 Å². The van der Waals surface area contributed by atoms with Crippen LogP contribution in [-0.2, 0) is 13.0 Å². The first kappa shape index (κ1) is 21.7. The molecule has 0 aliphatic rings. The zero-order valence-corrected chi connectivity index (χ0v) is 17.5. The van der Waals surface area contributed by atoms with E-state index in [1.54, 1.807) is 4.90 Å². The second-order valence-electron chi connectivity index (χ2n) is 7.86. The molecule has 1 heterocycles. The minimum absolute atomic E-state index is 0.0691. The molecule has 0 aliphatic heterocycles. The van der Waals surface area contributed by atoms with Crippen LogP contribution in [0.4, 0.5) is 0 Å². The van der Waals surface area contributed by atoms with Gasteiger partial charge < -0.3 is 14.6 Å². The van der Waals surface area contributed by atoms with Crippen molar-refractivity contribution >= 4 is 11.8 Å². The topological polar surface area (TPSA) is 75.4 Å². The Morgan fingerprint density at radius 1 is 1.11 bits per heavy atom. The zero-order valence-electron chi connectivity index (χ0n) is 17.5. The number of rotatable bonds is 9. The third-order valence-electron chi connectivity index (χ3n) is 4.26. The summed E-state index contributed by atoms with van der Waals surface area (Å²) in [5, 5.41) is 2.81. The Morgan fingerprint density at radius 2 is 1.79 bits per heavy atom. The van der Waals surface area contributed by atoms with Gasteiger partial charge in [0.25, 0.3) is 11.8 Å². The Hall–Kier alpha value is -2.63. The second-order valence-corrected chi connectivity index (χ2v) is 7.86. The number of oxazole rings is 1. The first-order chi connectivity index (χ1) is 13.3. The maximum Gasteiger partial charge on any atom is 0.273 e. The van der Waals surface area contributed by atoms with E-state index in [9.17, 15) is 9.59 Å². The minimum atomic E-state index is -0.263. The van der Waals surface area contributed by atoms with Crippen LogP contribution in [0, 0.1) is 11.8 Å². The van der Waals surface area contributed by atoms with Crippen molar-refractivity contribution in [1.82, 2.24) is 15.2 Å². The van der Waals surface area contributed by atoms with Gasteiger partial charge >= 0.3 is 0 Å². The fourth-order valence-corrected chi connectivity index (χ4v) is 2.76. The molecule has 0 radical (unpaired) electrons. The summed E-state index contributed by atoms with van der Waals surface area (Å²) < 4.78 is 5.46. The van der Waals surface area contributed by atoms with Crippen molar-refractivity contribution in [1.29, 1.82) is 0 Å². The lowest BCUT2D eigenvalue weighted by Gasteiger charge is -2.23. The number of nitrogens with zero attached hydrogens (tertiary/aromatic N) is 2. The van der Waals surface area contributed by atoms with Gasteiger partial charge in [0.1, 0.15) is 6.26 Å². The maximum atomic E-state index is 13.0. The standard InChI is InChI=1S/C22H31N3O3/c1-6-17-7-9-18(10-8-17)22(27)25(12-16(4)5)13-20-24-19(14-28-20)21(26)23-11-15(2)3/h7-10,14-16H,6,11-13H2,1-5H3,(H,23,26). The molecule has 0 atom stereocenters. The quantitative estimate of drug-likeness (QED) is 0.710. The highest BCUT2D eigenvalue weighted by Gasteiger charge is 2.21. The number of aromatic nitrogens is 1. The van der Waals surface area contributed by atoms with Crippen LogP contribution in [0.2, 0.25) is 0 Å². The van der Waals surface area contributed by atoms with Gasteiger partial charge in [-0.15, -0.1) is 0 Å². The number of amides is 2. The lowest BCUT2D eigenvalue weighted by atomic mass is 10.1. The fraction of sp³-hybridized carbons (Fsp3) is 0.500. The monoisotopic (exact) mass is 385 g/mol. The summed E-state index contributed by atoms with van der Waals surface area (Å²) in [4.78, 5) is 31.1. The van der Waals surface area contributed by atoms with Crippen LogP contribution < -0.4 is 5.32 Å². The van der Waals surface area contributed by atoms with Crippen LogP contribution in [0.5, 0.6) is 0 Å². The summed E-state index contributed by atoms with van der Waals surface area (Å²) in [5.41, 5.74) is 2.07. The summed E-state index contributed by atoms with van der Waals surface area (Å²) in [7, 11) is 0. The average molecular weight is 386 g/mol. The van der Waals surface area contributed by atoms with Gasteiger partial charge in [0.15, 0.2) is 5.69 Å². The van der Waals surface area contributed by atoms with E-state index in [1.807, 2.05) is 38.1 Å². The molecule has 0 fully saturated rings. The normalized spacial score (nSPS) is 11.1. The van der Waals surface area contributed by atoms with Crippen LogP contribution in [0.1, 0.15) is 66.9 Å². The Labute approximate surface area is 167 Å². The van der Waals surface area contributed by atoms with E-state index in [2.05, 4.69) is 31.1 Å². The lowest BCUT2D eigenvalue weighted by Crippen LogP contribution is -2.34. The smallest absolute Gasteiger partial charge is 0.273 e. The molecule has 1 aromatic carbocycles. The van der Waals surface area contributed by atoms with Crippen molar-refractivity contribution in [3.8, 4) is 0 Å². The van der Waals surface area contributed by atoms with Crippen molar-refractivity contribution in [2.45, 2.75) is 47.6 Å². The van der Waals surface area contributed by atoms with E-state index in [1.165, 1.54) is 11.8 Å². The predicted octanol–water partition coefficient (Wildman–Crippen LogP) is 3.92. The number of aryl methyl sites for hydroxylation is 1. The van der Waals surface area contributed by atoms with Gasteiger partial charge in [-0.1, -0.05) is 46.8 Å². The maximum absolute atomic E-state index is 13.0. The number of hydrogen-bond donors (Lipinski definition) is 1. The van der Waals surface area contributed by atoms with E-state index in [-0.39, 0.29) is 24.1 Å². The Balaban J connectivity index is 2.11. The lowest BCUT2D eigenvalue weighted by molar-refractivity contribution is 0.0706. The van der Waals surface area contributed by atoms with E-state index in [4.69, 9.17) is 4.42 Å². The first-order valence-electron chi connectivity index (χ1n) is 9.91. The minimum Gasteiger partial charge on any atom is -0.446 e. The third kappa shape index (κ3) is 6.22. The van der Waals surface area contributed by atoms with Crippen molar-refractivity contribution in [3.05, 3.63) is 53.2 Å². The molecule has 0 saturated carbocycles. The summed E-state index contributed by atoms with van der Waals surface area (Å²) in [6, 6.07) is 7.66. The molecule has 0 bridgehead atoms. The average Bonchev–Trinajstić information content (AvgIpc) is 3.13. The van der Waals surface area contributed by atoms with Crippen molar-refractivity contribution in [3.63, 3.8) is 0 Å². The molecule has 6 heteroatoms. The van der Waals surface area contributed by atoms with Gasteiger partial charge in [0.2, 0.25) is 5.89 Å². The van der Waals surface area contributed by atoms with Crippen molar-refractivity contribution in [2.24, 2.45) is 11.8 Å². The summed E-state index contributed by atoms with van der Waals surface area (Å²) in [6.07, 6.45) is 2.28. The zero-order chi connectivity index (χ0) is 20.7. The number of benzene rings is 1. The molecule has 2 amide bonds. The third-order valence-corrected chi connectivity index (χ3v) is 4.26. The summed E-state index contributed by atoms with van der Waals surface area (Å²) in [6.45, 7) is 11.6. The van der Waals surface area contributed by atoms with Gasteiger partial charge in [0, 0.05) is 18.7 Å². The number of hydrogen-bond acceptors (Lipinski definition) is 4. The Kier molecular flexibility index (Phi) is 7.79. The fourth-order valence-electron chi connectivity index (χ4n) is 2.76. The molecule has 28 heavy (non-hydrogen) atoms. The molecule has 0 saturated heterocycles. The van der Waals surface area contributed by atoms with Crippen LogP contribution >= 0.6 is 0 Å². The molecule has 0 unspecified atom stereocenters. The highest BCUT2D eigenvalue weighted by atomic mass is 16.3. The largest absolute Gasteiger partial charge is 0.446 e. The molecule has 1 N–H and O–H groups in total. The van der Waals surface area contributed by atoms with Crippen LogP contribution in [0.3, 0.4) is 0 Å². The summed E-state index contributed by atoms with van der Waals surface area (Å²) in [5.74, 6) is 0.672. The number of carbonyl (C=O) groups is 2. The summed E-state index contributed by atoms with van der Waals surface area (Å²) >= 11 is 0. The molecule has 2 rings (SSSR count). The van der Waals surface area contributed by atoms with Crippen LogP contribution in [0.15, 0.2) is 34.9 Å². The van der Waals surface area contributed by atoms with Gasteiger partial charge in [-0.2, -0.15) is 0 Å². The van der Waals surface area contributed by atoms with Gasteiger partial charge in [-0.25, -0.2) is 4.98 Å². The Morgan fingerprint density at radius 3 is 2.36 bits per heavy atom. The first-order valence-corrected chi connectivity index (χ1v) is 9.91.